The van der Waals surface area contributed by atoms with Crippen molar-refractivity contribution >= 4 is 0 Å². The van der Waals surface area contributed by atoms with Gasteiger partial charge >= 0.3 is 0 Å². The molecule has 2 heteroatoms. The summed E-state index contributed by atoms with van der Waals surface area (Å²) in [6.07, 6.45) is 1.52. The van der Waals surface area contributed by atoms with E-state index in [1.54, 1.807) is 0 Å². The molecule has 0 aliphatic heterocycles. The van der Waals surface area contributed by atoms with Gasteiger partial charge in [0.2, 0.25) is 0 Å². The predicted molar refractivity (Wildman–Crippen MR) is 46.2 cm³/mol. The van der Waals surface area contributed by atoms with Crippen LogP contribution in [-0.2, 0) is 0 Å². The van der Waals surface area contributed by atoms with Gasteiger partial charge in [0.25, 0.3) is 0 Å². The van der Waals surface area contributed by atoms with Crippen LogP contribution in [-0.4, -0.2) is 17.3 Å². The first kappa shape index (κ1) is 9.01. The molecule has 0 bridgehead atoms. The van der Waals surface area contributed by atoms with Gasteiger partial charge in [0.1, 0.15) is 0 Å². The molecular weight excluding hydrogens is 138 g/mol. The molecule has 11 heavy (non-hydrogen) atoms. The van der Waals surface area contributed by atoms with Crippen molar-refractivity contribution in [2.75, 3.05) is 0 Å². The van der Waals surface area contributed by atoms with Crippen molar-refractivity contribution in [1.82, 2.24) is 0 Å². The predicted octanol–water partition coefficient (Wildman–Crippen LogP) is 1.13. The van der Waals surface area contributed by atoms with Crippen LogP contribution in [0.2, 0.25) is 0 Å². The molecule has 0 aromatic carbocycles. The van der Waals surface area contributed by atoms with Crippen LogP contribution in [0.15, 0.2) is 0 Å². The molecular formula is C9H19NO. The van der Waals surface area contributed by atoms with E-state index in [2.05, 4.69) is 20.8 Å². The molecule has 3 N–H and O–H groups in total. The summed E-state index contributed by atoms with van der Waals surface area (Å²) < 4.78 is 0. The molecule has 0 radical (unpaired) electrons. The average Bonchev–Trinajstić information content (AvgIpc) is 1.83. The maximum absolute atomic E-state index is 9.46. The standard InChI is InChI=1S/C9H19NO/c1-6-4-8(11)7(10)5-9(6,2)3/h6-8,11H,4-5,10H2,1-3H3/t6?,7-,8+/m1/s1. The van der Waals surface area contributed by atoms with Gasteiger partial charge in [0.05, 0.1) is 6.10 Å². The fraction of sp³-hybridized carbons (Fsp3) is 1.00. The number of hydrogen-bond acceptors (Lipinski definition) is 2. The van der Waals surface area contributed by atoms with Crippen molar-refractivity contribution in [3.05, 3.63) is 0 Å². The summed E-state index contributed by atoms with van der Waals surface area (Å²) in [4.78, 5) is 0. The largest absolute Gasteiger partial charge is 0.392 e. The molecule has 1 fully saturated rings. The summed E-state index contributed by atoms with van der Waals surface area (Å²) in [6.45, 7) is 6.64. The first-order valence-corrected chi connectivity index (χ1v) is 4.37. The lowest BCUT2D eigenvalue weighted by Crippen LogP contribution is -2.47. The Bertz CT molecular complexity index is 144. The summed E-state index contributed by atoms with van der Waals surface area (Å²) in [5, 5.41) is 9.46. The van der Waals surface area contributed by atoms with E-state index in [9.17, 15) is 5.11 Å². The molecule has 3 atom stereocenters. The summed E-state index contributed by atoms with van der Waals surface area (Å²) in [7, 11) is 0. The molecule has 0 heterocycles. The molecule has 66 valence electrons. The van der Waals surface area contributed by atoms with Crippen LogP contribution in [0.3, 0.4) is 0 Å². The van der Waals surface area contributed by atoms with E-state index in [1.165, 1.54) is 0 Å². The number of hydrogen-bond donors (Lipinski definition) is 2. The summed E-state index contributed by atoms with van der Waals surface area (Å²) in [5.41, 5.74) is 6.07. The minimum atomic E-state index is -0.280. The van der Waals surface area contributed by atoms with Gasteiger partial charge < -0.3 is 10.8 Å². The van der Waals surface area contributed by atoms with E-state index < -0.39 is 0 Å². The van der Waals surface area contributed by atoms with Crippen LogP contribution >= 0.6 is 0 Å². The van der Waals surface area contributed by atoms with Crippen molar-refractivity contribution in [2.24, 2.45) is 17.1 Å². The molecule has 0 saturated heterocycles. The van der Waals surface area contributed by atoms with Crippen molar-refractivity contribution in [1.29, 1.82) is 0 Å². The van der Waals surface area contributed by atoms with Crippen LogP contribution in [0.5, 0.6) is 0 Å². The van der Waals surface area contributed by atoms with Crippen molar-refractivity contribution < 1.29 is 5.11 Å². The van der Waals surface area contributed by atoms with Gasteiger partial charge in [-0.25, -0.2) is 0 Å². The third-order valence-corrected chi connectivity index (χ3v) is 3.19. The van der Waals surface area contributed by atoms with Crippen LogP contribution < -0.4 is 5.73 Å². The number of nitrogens with two attached hydrogens (primary N) is 1. The summed E-state index contributed by atoms with van der Waals surface area (Å²) in [5.74, 6) is 0.581. The van der Waals surface area contributed by atoms with Crippen molar-refractivity contribution in [2.45, 2.75) is 45.8 Å². The minimum absolute atomic E-state index is 0.0128. The highest BCUT2D eigenvalue weighted by molar-refractivity contribution is 4.90. The van der Waals surface area contributed by atoms with Gasteiger partial charge in [-0.2, -0.15) is 0 Å². The Labute approximate surface area is 68.8 Å². The number of aliphatic hydroxyl groups is 1. The Morgan fingerprint density at radius 3 is 2.45 bits per heavy atom. The fourth-order valence-electron chi connectivity index (χ4n) is 1.80. The minimum Gasteiger partial charge on any atom is -0.392 e. The van der Waals surface area contributed by atoms with E-state index >= 15 is 0 Å². The molecule has 0 spiro atoms. The van der Waals surface area contributed by atoms with Gasteiger partial charge in [0.15, 0.2) is 0 Å². The van der Waals surface area contributed by atoms with E-state index in [0.717, 1.165) is 12.8 Å². The molecule has 1 aliphatic carbocycles. The van der Waals surface area contributed by atoms with E-state index in [1.807, 2.05) is 0 Å². The maximum Gasteiger partial charge on any atom is 0.0694 e. The zero-order valence-electron chi connectivity index (χ0n) is 7.67. The lowest BCUT2D eigenvalue weighted by Gasteiger charge is -2.42. The van der Waals surface area contributed by atoms with Crippen molar-refractivity contribution in [3.63, 3.8) is 0 Å². The third kappa shape index (κ3) is 1.74. The Balaban J connectivity index is 2.63. The Morgan fingerprint density at radius 2 is 2.00 bits per heavy atom. The summed E-state index contributed by atoms with van der Waals surface area (Å²) >= 11 is 0. The Hall–Kier alpha value is -0.0800. The second-order valence-electron chi connectivity index (χ2n) is 4.56. The molecule has 2 nitrogen and oxygen atoms in total. The monoisotopic (exact) mass is 157 g/mol. The Morgan fingerprint density at radius 1 is 1.45 bits per heavy atom. The lowest BCUT2D eigenvalue weighted by molar-refractivity contribution is 0.0190. The second-order valence-corrected chi connectivity index (χ2v) is 4.56. The zero-order chi connectivity index (χ0) is 8.65. The van der Waals surface area contributed by atoms with Crippen LogP contribution in [0, 0.1) is 11.3 Å². The summed E-state index contributed by atoms with van der Waals surface area (Å²) in [6, 6.07) is -0.0128. The number of rotatable bonds is 0. The van der Waals surface area contributed by atoms with Gasteiger partial charge in [-0.15, -0.1) is 0 Å². The van der Waals surface area contributed by atoms with Gasteiger partial charge in [0, 0.05) is 6.04 Å². The lowest BCUT2D eigenvalue weighted by atomic mass is 9.67. The highest BCUT2D eigenvalue weighted by atomic mass is 16.3. The zero-order valence-corrected chi connectivity index (χ0v) is 7.67. The van der Waals surface area contributed by atoms with E-state index in [0.29, 0.717) is 11.3 Å². The van der Waals surface area contributed by atoms with Crippen molar-refractivity contribution in [3.8, 4) is 0 Å². The Kier molecular flexibility index (Phi) is 2.26. The van der Waals surface area contributed by atoms with Crippen LogP contribution in [0.1, 0.15) is 33.6 Å². The molecule has 1 rings (SSSR count). The quantitative estimate of drug-likeness (QED) is 0.553. The average molecular weight is 157 g/mol. The normalized spacial score (nSPS) is 43.9. The van der Waals surface area contributed by atoms with Gasteiger partial charge in [-0.3, -0.25) is 0 Å². The third-order valence-electron chi connectivity index (χ3n) is 3.19. The highest BCUT2D eigenvalue weighted by Gasteiger charge is 2.37. The fourth-order valence-corrected chi connectivity index (χ4v) is 1.80. The SMILES string of the molecule is CC1C[C@H](O)[C@H](N)CC1(C)C. The molecule has 1 unspecified atom stereocenters. The molecule has 1 aliphatic rings. The molecule has 0 aromatic rings. The van der Waals surface area contributed by atoms with Crippen LogP contribution in [0.25, 0.3) is 0 Å². The molecule has 1 saturated carbocycles. The first-order chi connectivity index (χ1) is 4.93. The van der Waals surface area contributed by atoms with Crippen LogP contribution in [0.4, 0.5) is 0 Å². The smallest absolute Gasteiger partial charge is 0.0694 e. The topological polar surface area (TPSA) is 46.2 Å². The first-order valence-electron chi connectivity index (χ1n) is 4.37. The van der Waals surface area contributed by atoms with Gasteiger partial charge in [-0.05, 0) is 24.2 Å². The van der Waals surface area contributed by atoms with E-state index in [4.69, 9.17) is 5.73 Å². The highest BCUT2D eigenvalue weighted by Crippen LogP contribution is 2.39. The molecule has 0 aromatic heterocycles. The maximum atomic E-state index is 9.46. The second kappa shape index (κ2) is 2.76. The molecule has 0 amide bonds. The van der Waals surface area contributed by atoms with E-state index in [-0.39, 0.29) is 12.1 Å². The van der Waals surface area contributed by atoms with Gasteiger partial charge in [-0.1, -0.05) is 20.8 Å². The number of aliphatic hydroxyl groups excluding tert-OH is 1.